The zero-order chi connectivity index (χ0) is 18.4. The molecule has 1 unspecified atom stereocenters. The first-order chi connectivity index (χ1) is 12.7. The standard InChI is InChI=1S/C20H25N5O.HI/c1-3-21-20(23-13-18-15(2)8-7-11-22-18)24-16-12-19(26)25(14-16)17-9-5-4-6-10-17;/h4-11,16H,3,12-14H2,1-2H3,(H2,21,23,24);1H. The number of aliphatic imine (C=N–C) groups is 1. The highest BCUT2D eigenvalue weighted by Crippen LogP contribution is 2.20. The van der Waals surface area contributed by atoms with Crippen molar-refractivity contribution in [3.8, 4) is 0 Å². The van der Waals surface area contributed by atoms with Gasteiger partial charge in [0.1, 0.15) is 0 Å². The molecule has 1 saturated heterocycles. The van der Waals surface area contributed by atoms with Gasteiger partial charge in [-0.05, 0) is 37.6 Å². The van der Waals surface area contributed by atoms with Gasteiger partial charge in [-0.2, -0.15) is 0 Å². The quantitative estimate of drug-likeness (QED) is 0.393. The molecule has 1 aromatic carbocycles. The van der Waals surface area contributed by atoms with Crippen LogP contribution in [0.15, 0.2) is 53.7 Å². The van der Waals surface area contributed by atoms with Gasteiger partial charge in [0.25, 0.3) is 0 Å². The van der Waals surface area contributed by atoms with Gasteiger partial charge >= 0.3 is 0 Å². The van der Waals surface area contributed by atoms with Crippen LogP contribution in [-0.4, -0.2) is 36.0 Å². The number of rotatable bonds is 5. The number of nitrogens with zero attached hydrogens (tertiary/aromatic N) is 3. The van der Waals surface area contributed by atoms with Gasteiger partial charge in [-0.3, -0.25) is 9.78 Å². The van der Waals surface area contributed by atoms with Crippen LogP contribution in [0, 0.1) is 6.92 Å². The number of nitrogens with one attached hydrogen (secondary N) is 2. The lowest BCUT2D eigenvalue weighted by Gasteiger charge is -2.19. The van der Waals surface area contributed by atoms with E-state index in [1.165, 1.54) is 0 Å². The van der Waals surface area contributed by atoms with Crippen molar-refractivity contribution >= 4 is 41.5 Å². The molecule has 0 radical (unpaired) electrons. The fraction of sp³-hybridized carbons (Fsp3) is 0.350. The van der Waals surface area contributed by atoms with Gasteiger partial charge < -0.3 is 15.5 Å². The molecule has 6 nitrogen and oxygen atoms in total. The number of aromatic nitrogens is 1. The Labute approximate surface area is 177 Å². The molecule has 2 aromatic rings. The number of benzene rings is 1. The molecule has 0 aliphatic carbocycles. The Hall–Kier alpha value is -2.16. The van der Waals surface area contributed by atoms with Crippen LogP contribution in [0.3, 0.4) is 0 Å². The third kappa shape index (κ3) is 5.66. The van der Waals surface area contributed by atoms with E-state index in [1.54, 1.807) is 6.20 Å². The van der Waals surface area contributed by atoms with Crippen LogP contribution in [-0.2, 0) is 11.3 Å². The van der Waals surface area contributed by atoms with Crippen LogP contribution in [0.2, 0.25) is 0 Å². The molecule has 2 N–H and O–H groups in total. The Morgan fingerprint density at radius 2 is 2.04 bits per heavy atom. The number of carbonyl (C=O) groups is 1. The molecule has 1 atom stereocenters. The van der Waals surface area contributed by atoms with E-state index in [0.717, 1.165) is 23.5 Å². The van der Waals surface area contributed by atoms with Crippen LogP contribution in [0.1, 0.15) is 24.6 Å². The summed E-state index contributed by atoms with van der Waals surface area (Å²) >= 11 is 0. The smallest absolute Gasteiger partial charge is 0.229 e. The summed E-state index contributed by atoms with van der Waals surface area (Å²) < 4.78 is 0. The Morgan fingerprint density at radius 3 is 2.74 bits per heavy atom. The van der Waals surface area contributed by atoms with Gasteiger partial charge in [0.2, 0.25) is 5.91 Å². The highest BCUT2D eigenvalue weighted by atomic mass is 127. The van der Waals surface area contributed by atoms with E-state index in [1.807, 2.05) is 61.2 Å². The van der Waals surface area contributed by atoms with Crippen LogP contribution >= 0.6 is 24.0 Å². The summed E-state index contributed by atoms with van der Waals surface area (Å²) in [7, 11) is 0. The minimum absolute atomic E-state index is 0. The average Bonchev–Trinajstić information content (AvgIpc) is 3.02. The molecule has 1 aromatic heterocycles. The Kier molecular flexibility index (Phi) is 8.02. The summed E-state index contributed by atoms with van der Waals surface area (Å²) in [6.45, 7) is 5.96. The van der Waals surface area contributed by atoms with Crippen molar-refractivity contribution in [2.75, 3.05) is 18.0 Å². The number of pyridine rings is 1. The van der Waals surface area contributed by atoms with Crippen molar-refractivity contribution in [3.63, 3.8) is 0 Å². The molecule has 1 aliphatic rings. The summed E-state index contributed by atoms with van der Waals surface area (Å²) in [6.07, 6.45) is 2.24. The third-order valence-corrected chi connectivity index (χ3v) is 4.38. The van der Waals surface area contributed by atoms with Crippen molar-refractivity contribution in [1.82, 2.24) is 15.6 Å². The number of hydrogen-bond acceptors (Lipinski definition) is 3. The van der Waals surface area contributed by atoms with Crippen LogP contribution in [0.5, 0.6) is 0 Å². The van der Waals surface area contributed by atoms with Gasteiger partial charge in [0.05, 0.1) is 18.3 Å². The monoisotopic (exact) mass is 479 g/mol. The molecule has 0 spiro atoms. The fourth-order valence-corrected chi connectivity index (χ4v) is 3.01. The average molecular weight is 479 g/mol. The van der Waals surface area contributed by atoms with Gasteiger partial charge in [-0.15, -0.1) is 24.0 Å². The van der Waals surface area contributed by atoms with Gasteiger partial charge in [-0.1, -0.05) is 24.3 Å². The minimum atomic E-state index is 0. The molecule has 2 heterocycles. The second-order valence-corrected chi connectivity index (χ2v) is 6.35. The van der Waals surface area contributed by atoms with Crippen LogP contribution in [0.4, 0.5) is 5.69 Å². The number of aryl methyl sites for hydroxylation is 1. The van der Waals surface area contributed by atoms with E-state index < -0.39 is 0 Å². The third-order valence-electron chi connectivity index (χ3n) is 4.38. The van der Waals surface area contributed by atoms with Crippen molar-refractivity contribution in [2.45, 2.75) is 32.9 Å². The van der Waals surface area contributed by atoms with E-state index in [2.05, 4.69) is 20.6 Å². The van der Waals surface area contributed by atoms with Crippen LogP contribution in [0.25, 0.3) is 0 Å². The zero-order valence-corrected chi connectivity index (χ0v) is 18.0. The topological polar surface area (TPSA) is 69.6 Å². The maximum atomic E-state index is 12.4. The van der Waals surface area contributed by atoms with E-state index in [0.29, 0.717) is 25.5 Å². The molecule has 1 fully saturated rings. The summed E-state index contributed by atoms with van der Waals surface area (Å²) in [6, 6.07) is 13.8. The fourth-order valence-electron chi connectivity index (χ4n) is 3.01. The first kappa shape index (κ1) is 21.1. The number of carbonyl (C=O) groups excluding carboxylic acids is 1. The molecule has 3 rings (SSSR count). The highest BCUT2D eigenvalue weighted by molar-refractivity contribution is 14.0. The summed E-state index contributed by atoms with van der Waals surface area (Å²) in [5.74, 6) is 0.843. The first-order valence-electron chi connectivity index (χ1n) is 8.98. The minimum Gasteiger partial charge on any atom is -0.357 e. The van der Waals surface area contributed by atoms with Gasteiger partial charge in [0.15, 0.2) is 5.96 Å². The number of para-hydroxylation sites is 1. The number of hydrogen-bond donors (Lipinski definition) is 2. The Bertz CT molecular complexity index is 781. The molecule has 1 aliphatic heterocycles. The number of halogens is 1. The van der Waals surface area contributed by atoms with Crippen molar-refractivity contribution in [2.24, 2.45) is 4.99 Å². The normalized spacial score (nSPS) is 16.8. The van der Waals surface area contributed by atoms with Gasteiger partial charge in [0, 0.05) is 31.4 Å². The molecule has 27 heavy (non-hydrogen) atoms. The number of anilines is 1. The molecule has 144 valence electrons. The van der Waals surface area contributed by atoms with Crippen molar-refractivity contribution < 1.29 is 4.79 Å². The number of amides is 1. The van der Waals surface area contributed by atoms with Crippen molar-refractivity contribution in [3.05, 3.63) is 59.9 Å². The maximum absolute atomic E-state index is 12.4. The Balaban J connectivity index is 0.00000261. The van der Waals surface area contributed by atoms with Crippen LogP contribution < -0.4 is 15.5 Å². The highest BCUT2D eigenvalue weighted by Gasteiger charge is 2.31. The predicted molar refractivity (Wildman–Crippen MR) is 120 cm³/mol. The van der Waals surface area contributed by atoms with E-state index in [9.17, 15) is 4.79 Å². The summed E-state index contributed by atoms with van der Waals surface area (Å²) in [4.78, 5) is 23.2. The van der Waals surface area contributed by atoms with E-state index >= 15 is 0 Å². The Morgan fingerprint density at radius 1 is 1.26 bits per heavy atom. The molecule has 7 heteroatoms. The molecular formula is C20H26IN5O. The predicted octanol–water partition coefficient (Wildman–Crippen LogP) is 2.87. The largest absolute Gasteiger partial charge is 0.357 e. The molecule has 0 saturated carbocycles. The molecular weight excluding hydrogens is 453 g/mol. The maximum Gasteiger partial charge on any atom is 0.229 e. The number of guanidine groups is 1. The lowest BCUT2D eigenvalue weighted by molar-refractivity contribution is -0.117. The van der Waals surface area contributed by atoms with Gasteiger partial charge in [-0.25, -0.2) is 4.99 Å². The van der Waals surface area contributed by atoms with E-state index in [4.69, 9.17) is 0 Å². The second-order valence-electron chi connectivity index (χ2n) is 6.35. The first-order valence-corrected chi connectivity index (χ1v) is 8.98. The lowest BCUT2D eigenvalue weighted by Crippen LogP contribution is -2.44. The summed E-state index contributed by atoms with van der Waals surface area (Å²) in [5, 5.41) is 6.64. The zero-order valence-electron chi connectivity index (χ0n) is 15.7. The SMILES string of the molecule is CCNC(=NCc1ncccc1C)NC1CC(=O)N(c2ccccc2)C1.I. The summed E-state index contributed by atoms with van der Waals surface area (Å²) in [5.41, 5.74) is 3.02. The molecule has 0 bridgehead atoms. The lowest BCUT2D eigenvalue weighted by atomic mass is 10.2. The van der Waals surface area contributed by atoms with Crippen molar-refractivity contribution in [1.29, 1.82) is 0 Å². The molecule has 1 amide bonds. The van der Waals surface area contributed by atoms with E-state index in [-0.39, 0.29) is 35.9 Å². The second kappa shape index (κ2) is 10.2.